The third-order valence-corrected chi connectivity index (χ3v) is 2.15. The van der Waals surface area contributed by atoms with E-state index in [1.165, 1.54) is 12.1 Å². The Kier molecular flexibility index (Phi) is 5.62. The fourth-order valence-corrected chi connectivity index (χ4v) is 1.34. The lowest BCUT2D eigenvalue weighted by Crippen LogP contribution is -2.21. The van der Waals surface area contributed by atoms with E-state index in [1.54, 1.807) is 0 Å². The third-order valence-electron chi connectivity index (χ3n) is 2.15. The van der Waals surface area contributed by atoms with Crippen molar-refractivity contribution in [2.45, 2.75) is 19.7 Å². The van der Waals surface area contributed by atoms with Crippen LogP contribution in [0.15, 0.2) is 24.3 Å². The molecule has 7 heteroatoms. The minimum absolute atomic E-state index is 0.203. The van der Waals surface area contributed by atoms with Gasteiger partial charge in [-0.15, -0.1) is 13.2 Å². The highest BCUT2D eigenvalue weighted by molar-refractivity contribution is 5.90. The predicted octanol–water partition coefficient (Wildman–Crippen LogP) is 2.52. The summed E-state index contributed by atoms with van der Waals surface area (Å²) in [5.41, 5.74) is 0.427. The Morgan fingerprint density at radius 1 is 1.26 bits per heavy atom. The number of halogens is 3. The standard InChI is InChI=1S/C12H15F3N2O2/c1-2-16-8-7-11(18)17-9-3-5-10(6-4-9)19-12(13,14)15/h3-6,16H,2,7-8H2,1H3,(H,17,18). The zero-order valence-electron chi connectivity index (χ0n) is 10.4. The fourth-order valence-electron chi connectivity index (χ4n) is 1.34. The van der Waals surface area contributed by atoms with Gasteiger partial charge >= 0.3 is 6.36 Å². The Labute approximate surface area is 108 Å². The van der Waals surface area contributed by atoms with Crippen molar-refractivity contribution in [1.82, 2.24) is 5.32 Å². The monoisotopic (exact) mass is 276 g/mol. The number of amides is 1. The van der Waals surface area contributed by atoms with Crippen molar-refractivity contribution >= 4 is 11.6 Å². The highest BCUT2D eigenvalue weighted by Gasteiger charge is 2.30. The molecular weight excluding hydrogens is 261 g/mol. The first-order valence-corrected chi connectivity index (χ1v) is 5.77. The molecule has 1 amide bonds. The quantitative estimate of drug-likeness (QED) is 0.785. The van der Waals surface area contributed by atoms with Gasteiger partial charge in [0.25, 0.3) is 0 Å². The average molecular weight is 276 g/mol. The number of hydrogen-bond acceptors (Lipinski definition) is 3. The van der Waals surface area contributed by atoms with Crippen LogP contribution >= 0.6 is 0 Å². The highest BCUT2D eigenvalue weighted by atomic mass is 19.4. The summed E-state index contributed by atoms with van der Waals surface area (Å²) in [6.07, 6.45) is -4.41. The fraction of sp³-hybridized carbons (Fsp3) is 0.417. The van der Waals surface area contributed by atoms with E-state index in [9.17, 15) is 18.0 Å². The lowest BCUT2D eigenvalue weighted by molar-refractivity contribution is -0.274. The maximum Gasteiger partial charge on any atom is 0.573 e. The molecule has 1 rings (SSSR count). The van der Waals surface area contributed by atoms with Crippen molar-refractivity contribution in [3.05, 3.63) is 24.3 Å². The Hall–Kier alpha value is -1.76. The normalized spacial score (nSPS) is 11.2. The largest absolute Gasteiger partial charge is 0.573 e. The van der Waals surface area contributed by atoms with E-state index in [0.717, 1.165) is 18.7 Å². The van der Waals surface area contributed by atoms with Crippen molar-refractivity contribution in [2.24, 2.45) is 0 Å². The van der Waals surface area contributed by atoms with E-state index in [2.05, 4.69) is 15.4 Å². The molecule has 0 aromatic heterocycles. The second-order valence-electron chi connectivity index (χ2n) is 3.72. The zero-order chi connectivity index (χ0) is 14.3. The summed E-state index contributed by atoms with van der Waals surface area (Å²) in [6.45, 7) is 3.26. The number of alkyl halides is 3. The average Bonchev–Trinajstić information content (AvgIpc) is 2.30. The molecule has 0 aliphatic rings. The Bertz CT molecular complexity index is 404. The molecule has 0 unspecified atom stereocenters. The first kappa shape index (κ1) is 15.3. The molecule has 0 spiro atoms. The maximum atomic E-state index is 11.9. The van der Waals surface area contributed by atoms with Crippen LogP contribution in [0.4, 0.5) is 18.9 Å². The van der Waals surface area contributed by atoms with Crippen molar-refractivity contribution < 1.29 is 22.7 Å². The van der Waals surface area contributed by atoms with Gasteiger partial charge < -0.3 is 15.4 Å². The van der Waals surface area contributed by atoms with Gasteiger partial charge in [-0.1, -0.05) is 6.92 Å². The number of hydrogen-bond donors (Lipinski definition) is 2. The van der Waals surface area contributed by atoms with E-state index in [-0.39, 0.29) is 11.7 Å². The van der Waals surface area contributed by atoms with E-state index in [0.29, 0.717) is 18.7 Å². The Morgan fingerprint density at radius 3 is 2.42 bits per heavy atom. The molecule has 0 atom stereocenters. The minimum atomic E-state index is -4.71. The van der Waals surface area contributed by atoms with Crippen molar-refractivity contribution in [1.29, 1.82) is 0 Å². The summed E-state index contributed by atoms with van der Waals surface area (Å²) in [4.78, 5) is 11.4. The second-order valence-corrected chi connectivity index (χ2v) is 3.72. The van der Waals surface area contributed by atoms with Gasteiger partial charge in [0.2, 0.25) is 5.91 Å². The van der Waals surface area contributed by atoms with Crippen LogP contribution in [0.5, 0.6) is 5.75 Å². The molecule has 0 heterocycles. The number of ether oxygens (including phenoxy) is 1. The molecule has 0 aliphatic heterocycles. The smallest absolute Gasteiger partial charge is 0.406 e. The molecule has 106 valence electrons. The van der Waals surface area contributed by atoms with E-state index < -0.39 is 6.36 Å². The van der Waals surface area contributed by atoms with Crippen LogP contribution in [0.1, 0.15) is 13.3 Å². The highest BCUT2D eigenvalue weighted by Crippen LogP contribution is 2.23. The summed E-state index contributed by atoms with van der Waals surface area (Å²) in [5, 5.41) is 5.57. The SMILES string of the molecule is CCNCCC(=O)Nc1ccc(OC(F)(F)F)cc1. The van der Waals surface area contributed by atoms with Crippen LogP contribution < -0.4 is 15.4 Å². The number of benzene rings is 1. The topological polar surface area (TPSA) is 50.4 Å². The molecule has 0 fully saturated rings. The molecule has 0 saturated carbocycles. The van der Waals surface area contributed by atoms with Gasteiger partial charge in [-0.05, 0) is 30.8 Å². The summed E-state index contributed by atoms with van der Waals surface area (Å²) in [6, 6.07) is 5.00. The van der Waals surface area contributed by atoms with E-state index >= 15 is 0 Å². The Morgan fingerprint density at radius 2 is 1.89 bits per heavy atom. The molecule has 1 aromatic rings. The van der Waals surface area contributed by atoms with Gasteiger partial charge in [-0.25, -0.2) is 0 Å². The molecule has 0 radical (unpaired) electrons. The van der Waals surface area contributed by atoms with Crippen LogP contribution in [0.3, 0.4) is 0 Å². The maximum absolute atomic E-state index is 11.9. The van der Waals surface area contributed by atoms with Gasteiger partial charge in [0.15, 0.2) is 0 Å². The number of nitrogens with one attached hydrogen (secondary N) is 2. The molecule has 2 N–H and O–H groups in total. The number of carbonyl (C=O) groups is 1. The summed E-state index contributed by atoms with van der Waals surface area (Å²) >= 11 is 0. The first-order chi connectivity index (χ1) is 8.90. The van der Waals surface area contributed by atoms with Gasteiger partial charge in [0.1, 0.15) is 5.75 Å². The van der Waals surface area contributed by atoms with Gasteiger partial charge in [0, 0.05) is 18.7 Å². The predicted molar refractivity (Wildman–Crippen MR) is 64.9 cm³/mol. The summed E-state index contributed by atoms with van der Waals surface area (Å²) in [5.74, 6) is -0.524. The molecule has 0 bridgehead atoms. The number of rotatable bonds is 6. The van der Waals surface area contributed by atoms with Gasteiger partial charge in [0.05, 0.1) is 0 Å². The lowest BCUT2D eigenvalue weighted by atomic mass is 10.3. The van der Waals surface area contributed by atoms with Crippen LogP contribution in [-0.2, 0) is 4.79 Å². The van der Waals surface area contributed by atoms with Gasteiger partial charge in [-0.3, -0.25) is 4.79 Å². The van der Waals surface area contributed by atoms with Crippen molar-refractivity contribution in [3.63, 3.8) is 0 Å². The molecule has 19 heavy (non-hydrogen) atoms. The summed E-state index contributed by atoms with van der Waals surface area (Å²) < 4.78 is 39.5. The van der Waals surface area contributed by atoms with Gasteiger partial charge in [-0.2, -0.15) is 0 Å². The van der Waals surface area contributed by atoms with Crippen LogP contribution in [0, 0.1) is 0 Å². The first-order valence-electron chi connectivity index (χ1n) is 5.77. The zero-order valence-corrected chi connectivity index (χ0v) is 10.4. The molecule has 0 saturated heterocycles. The number of anilines is 1. The van der Waals surface area contributed by atoms with Crippen LogP contribution in [0.25, 0.3) is 0 Å². The number of carbonyl (C=O) groups excluding carboxylic acids is 1. The second kappa shape index (κ2) is 6.98. The minimum Gasteiger partial charge on any atom is -0.406 e. The lowest BCUT2D eigenvalue weighted by Gasteiger charge is -2.10. The van der Waals surface area contributed by atoms with Crippen molar-refractivity contribution in [3.8, 4) is 5.75 Å². The van der Waals surface area contributed by atoms with Crippen molar-refractivity contribution in [2.75, 3.05) is 18.4 Å². The van der Waals surface area contributed by atoms with E-state index in [1.807, 2.05) is 6.92 Å². The Balaban J connectivity index is 2.46. The molecule has 1 aromatic carbocycles. The summed E-state index contributed by atoms with van der Waals surface area (Å²) in [7, 11) is 0. The van der Waals surface area contributed by atoms with Crippen LogP contribution in [0.2, 0.25) is 0 Å². The van der Waals surface area contributed by atoms with E-state index in [4.69, 9.17) is 0 Å². The third kappa shape index (κ3) is 6.66. The molecule has 4 nitrogen and oxygen atoms in total. The molecule has 0 aliphatic carbocycles. The molecular formula is C12H15F3N2O2. The van der Waals surface area contributed by atoms with Crippen LogP contribution in [-0.4, -0.2) is 25.4 Å².